The predicted octanol–water partition coefficient (Wildman–Crippen LogP) is 4.96. The van der Waals surface area contributed by atoms with Gasteiger partial charge in [0.2, 0.25) is 0 Å². The van der Waals surface area contributed by atoms with Crippen LogP contribution in [0.5, 0.6) is 0 Å². The van der Waals surface area contributed by atoms with E-state index in [4.69, 9.17) is 4.42 Å². The van der Waals surface area contributed by atoms with E-state index in [0.717, 1.165) is 11.4 Å². The van der Waals surface area contributed by atoms with Crippen molar-refractivity contribution in [3.05, 3.63) is 53.0 Å². The van der Waals surface area contributed by atoms with Crippen molar-refractivity contribution in [1.82, 2.24) is 0 Å². The van der Waals surface area contributed by atoms with Gasteiger partial charge in [0.15, 0.2) is 0 Å². The van der Waals surface area contributed by atoms with Gasteiger partial charge in [0, 0.05) is 5.69 Å². The molecule has 108 valence electrons. The standard InChI is InChI=1S/C15H17F2NOS/c1-10-5-11(2)7-12(6-10)18-8-13-3-4-14(19-13)9-20-15(16)17/h3-7,15,18H,8-9H2,1-2H3. The highest BCUT2D eigenvalue weighted by Crippen LogP contribution is 2.22. The Balaban J connectivity index is 1.90. The number of rotatable bonds is 6. The third kappa shape index (κ3) is 4.56. The van der Waals surface area contributed by atoms with Crippen molar-refractivity contribution in [2.75, 3.05) is 5.32 Å². The van der Waals surface area contributed by atoms with Crippen molar-refractivity contribution in [1.29, 1.82) is 0 Å². The fourth-order valence-electron chi connectivity index (χ4n) is 2.01. The van der Waals surface area contributed by atoms with E-state index in [0.29, 0.717) is 24.1 Å². The van der Waals surface area contributed by atoms with Gasteiger partial charge in [0.05, 0.1) is 12.3 Å². The molecule has 20 heavy (non-hydrogen) atoms. The smallest absolute Gasteiger partial charge is 0.284 e. The molecule has 5 heteroatoms. The Labute approximate surface area is 121 Å². The molecule has 0 fully saturated rings. The normalized spacial score (nSPS) is 11.1. The van der Waals surface area contributed by atoms with Crippen LogP contribution in [0.15, 0.2) is 34.7 Å². The summed E-state index contributed by atoms with van der Waals surface area (Å²) in [6.45, 7) is 4.64. The molecule has 0 atom stereocenters. The van der Waals surface area contributed by atoms with Crippen LogP contribution in [-0.4, -0.2) is 5.76 Å². The zero-order valence-electron chi connectivity index (χ0n) is 11.5. The van der Waals surface area contributed by atoms with Gasteiger partial charge in [0.25, 0.3) is 5.76 Å². The maximum absolute atomic E-state index is 12.1. The lowest BCUT2D eigenvalue weighted by Crippen LogP contribution is -1.98. The van der Waals surface area contributed by atoms with E-state index in [1.807, 2.05) is 19.9 Å². The largest absolute Gasteiger partial charge is 0.463 e. The molecule has 2 rings (SSSR count). The van der Waals surface area contributed by atoms with E-state index in [1.165, 1.54) is 11.1 Å². The Morgan fingerprint density at radius 3 is 2.40 bits per heavy atom. The van der Waals surface area contributed by atoms with Crippen LogP contribution in [0, 0.1) is 13.8 Å². The molecule has 1 heterocycles. The summed E-state index contributed by atoms with van der Waals surface area (Å²) in [5.41, 5.74) is 3.42. The molecule has 0 aliphatic rings. The lowest BCUT2D eigenvalue weighted by atomic mass is 10.1. The van der Waals surface area contributed by atoms with Gasteiger partial charge in [-0.1, -0.05) is 17.8 Å². The van der Waals surface area contributed by atoms with E-state index in [2.05, 4.69) is 23.5 Å². The van der Waals surface area contributed by atoms with Crippen LogP contribution >= 0.6 is 11.8 Å². The van der Waals surface area contributed by atoms with Crippen LogP contribution in [0.2, 0.25) is 0 Å². The first kappa shape index (κ1) is 14.9. The summed E-state index contributed by atoms with van der Waals surface area (Å²) in [5, 5.41) is 3.27. The Kier molecular flexibility index (Phi) is 5.06. The molecule has 0 unspecified atom stereocenters. The second-order valence-corrected chi connectivity index (χ2v) is 5.65. The van der Waals surface area contributed by atoms with Gasteiger partial charge in [-0.2, -0.15) is 8.78 Å². The molecule has 1 N–H and O–H groups in total. The highest BCUT2D eigenvalue weighted by Gasteiger charge is 2.07. The summed E-state index contributed by atoms with van der Waals surface area (Å²) in [5.74, 6) is -0.847. The first-order chi connectivity index (χ1) is 9.52. The number of nitrogens with one attached hydrogen (secondary N) is 1. The van der Waals surface area contributed by atoms with Crippen molar-refractivity contribution in [2.45, 2.75) is 31.9 Å². The zero-order valence-corrected chi connectivity index (χ0v) is 12.3. The van der Waals surface area contributed by atoms with Crippen molar-refractivity contribution in [3.8, 4) is 0 Å². The van der Waals surface area contributed by atoms with Crippen LogP contribution in [0.1, 0.15) is 22.6 Å². The molecule has 0 bridgehead atoms. The first-order valence-electron chi connectivity index (χ1n) is 6.32. The molecule has 2 nitrogen and oxygen atoms in total. The van der Waals surface area contributed by atoms with Crippen LogP contribution in [0.4, 0.5) is 14.5 Å². The maximum atomic E-state index is 12.1. The minimum atomic E-state index is -2.36. The zero-order chi connectivity index (χ0) is 14.5. The summed E-state index contributed by atoms with van der Waals surface area (Å²) >= 11 is 0.569. The number of hydrogen-bond donors (Lipinski definition) is 1. The highest BCUT2D eigenvalue weighted by atomic mass is 32.2. The number of thioether (sulfide) groups is 1. The minimum Gasteiger partial charge on any atom is -0.463 e. The molecular formula is C15H17F2NOS. The number of hydrogen-bond acceptors (Lipinski definition) is 3. The van der Waals surface area contributed by atoms with Crippen LogP contribution in [-0.2, 0) is 12.3 Å². The molecule has 0 saturated heterocycles. The minimum absolute atomic E-state index is 0.196. The van der Waals surface area contributed by atoms with E-state index in [-0.39, 0.29) is 5.75 Å². The van der Waals surface area contributed by atoms with Crippen LogP contribution in [0.25, 0.3) is 0 Å². The fourth-order valence-corrected chi connectivity index (χ4v) is 2.45. The Morgan fingerprint density at radius 2 is 1.75 bits per heavy atom. The second kappa shape index (κ2) is 6.79. The SMILES string of the molecule is Cc1cc(C)cc(NCc2ccc(CSC(F)F)o2)c1. The third-order valence-corrected chi connectivity index (χ3v) is 3.46. The van der Waals surface area contributed by atoms with Gasteiger partial charge in [-0.05, 0) is 49.2 Å². The predicted molar refractivity (Wildman–Crippen MR) is 79.2 cm³/mol. The fraction of sp³-hybridized carbons (Fsp3) is 0.333. The van der Waals surface area contributed by atoms with Crippen molar-refractivity contribution in [2.24, 2.45) is 0 Å². The number of benzene rings is 1. The van der Waals surface area contributed by atoms with Crippen molar-refractivity contribution < 1.29 is 13.2 Å². The average molecular weight is 297 g/mol. The monoisotopic (exact) mass is 297 g/mol. The summed E-state index contributed by atoms with van der Waals surface area (Å²) in [6.07, 6.45) is 0. The molecule has 2 aromatic rings. The molecule has 0 radical (unpaired) electrons. The van der Waals surface area contributed by atoms with E-state index in [9.17, 15) is 8.78 Å². The number of anilines is 1. The van der Waals surface area contributed by atoms with Crippen LogP contribution < -0.4 is 5.32 Å². The van der Waals surface area contributed by atoms with E-state index >= 15 is 0 Å². The first-order valence-corrected chi connectivity index (χ1v) is 7.37. The Morgan fingerprint density at radius 1 is 1.10 bits per heavy atom. The second-order valence-electron chi connectivity index (χ2n) is 4.67. The maximum Gasteiger partial charge on any atom is 0.284 e. The Hall–Kier alpha value is -1.49. The van der Waals surface area contributed by atoms with Crippen molar-refractivity contribution >= 4 is 17.4 Å². The molecule has 0 aliphatic carbocycles. The number of halogens is 2. The third-order valence-electron chi connectivity index (χ3n) is 2.76. The summed E-state index contributed by atoms with van der Waals surface area (Å²) < 4.78 is 29.7. The number of furan rings is 1. The summed E-state index contributed by atoms with van der Waals surface area (Å²) in [7, 11) is 0. The lowest BCUT2D eigenvalue weighted by Gasteiger charge is -2.07. The van der Waals surface area contributed by atoms with Gasteiger partial charge in [-0.15, -0.1) is 0 Å². The number of alkyl halides is 2. The van der Waals surface area contributed by atoms with Gasteiger partial charge < -0.3 is 9.73 Å². The molecular weight excluding hydrogens is 280 g/mol. The van der Waals surface area contributed by atoms with Gasteiger partial charge >= 0.3 is 0 Å². The summed E-state index contributed by atoms with van der Waals surface area (Å²) in [4.78, 5) is 0. The lowest BCUT2D eigenvalue weighted by molar-refractivity contribution is 0.251. The molecule has 0 amide bonds. The van der Waals surface area contributed by atoms with E-state index < -0.39 is 5.76 Å². The van der Waals surface area contributed by atoms with Gasteiger partial charge in [0.1, 0.15) is 11.5 Å². The van der Waals surface area contributed by atoms with Crippen LogP contribution in [0.3, 0.4) is 0 Å². The summed E-state index contributed by atoms with van der Waals surface area (Å²) in [6, 6.07) is 9.79. The molecule has 0 saturated carbocycles. The van der Waals surface area contributed by atoms with Gasteiger partial charge in [-0.3, -0.25) is 0 Å². The number of aryl methyl sites for hydroxylation is 2. The Bertz CT molecular complexity index is 549. The molecule has 1 aromatic carbocycles. The highest BCUT2D eigenvalue weighted by molar-refractivity contribution is 7.98. The van der Waals surface area contributed by atoms with Gasteiger partial charge in [-0.25, -0.2) is 0 Å². The molecule has 0 spiro atoms. The molecule has 1 aromatic heterocycles. The topological polar surface area (TPSA) is 25.2 Å². The van der Waals surface area contributed by atoms with Crippen molar-refractivity contribution in [3.63, 3.8) is 0 Å². The molecule has 0 aliphatic heterocycles. The van der Waals surface area contributed by atoms with E-state index in [1.54, 1.807) is 6.07 Å². The quantitative estimate of drug-likeness (QED) is 0.815. The average Bonchev–Trinajstić information content (AvgIpc) is 2.81.